The smallest absolute Gasteiger partial charge is 0.316 e. The fourth-order valence-electron chi connectivity index (χ4n) is 2.88. The Morgan fingerprint density at radius 1 is 1.19 bits per heavy atom. The molecule has 0 saturated carbocycles. The normalized spacial score (nSPS) is 14.5. The number of fused-ring (bicyclic) bond motifs is 1. The van der Waals surface area contributed by atoms with E-state index in [1.165, 1.54) is 6.92 Å². The summed E-state index contributed by atoms with van der Waals surface area (Å²) < 4.78 is 0. The fraction of sp³-hybridized carbons (Fsp3) is 0.167. The Bertz CT molecular complexity index is 942. The van der Waals surface area contributed by atoms with Crippen LogP contribution in [-0.4, -0.2) is 22.8 Å². The van der Waals surface area contributed by atoms with Crippen LogP contribution in [0.2, 0.25) is 0 Å². The summed E-state index contributed by atoms with van der Waals surface area (Å²) in [6.07, 6.45) is 1.79. The molecule has 134 valence electrons. The Kier molecular flexibility index (Phi) is 4.49. The number of urea groups is 1. The molecule has 0 radical (unpaired) electrons. The summed E-state index contributed by atoms with van der Waals surface area (Å²) in [4.78, 5) is 37.7. The van der Waals surface area contributed by atoms with Crippen molar-refractivity contribution in [2.75, 3.05) is 10.6 Å². The Balaban J connectivity index is 1.96. The van der Waals surface area contributed by atoms with Crippen LogP contribution in [-0.2, 0) is 16.1 Å². The number of H-pyrrole nitrogens is 1. The van der Waals surface area contributed by atoms with Gasteiger partial charge in [-0.15, -0.1) is 0 Å². The molecule has 0 aliphatic carbocycles. The molecule has 4 amide bonds. The molecule has 8 nitrogen and oxygen atoms in total. The van der Waals surface area contributed by atoms with Crippen LogP contribution < -0.4 is 21.7 Å². The quantitative estimate of drug-likeness (QED) is 0.539. The van der Waals surface area contributed by atoms with E-state index in [0.29, 0.717) is 29.1 Å². The van der Waals surface area contributed by atoms with E-state index in [4.69, 9.17) is 5.73 Å². The van der Waals surface area contributed by atoms with Crippen molar-refractivity contribution >= 4 is 40.4 Å². The lowest BCUT2D eigenvalue weighted by molar-refractivity contribution is -0.119. The van der Waals surface area contributed by atoms with Gasteiger partial charge >= 0.3 is 6.03 Å². The average Bonchev–Trinajstić information content (AvgIpc) is 3.15. The van der Waals surface area contributed by atoms with Gasteiger partial charge in [-0.3, -0.25) is 9.59 Å². The number of primary amides is 1. The van der Waals surface area contributed by atoms with Gasteiger partial charge in [0.05, 0.1) is 5.57 Å². The molecule has 0 unspecified atom stereocenters. The Hall–Kier alpha value is -3.55. The lowest BCUT2D eigenvalue weighted by Crippen LogP contribution is -2.19. The van der Waals surface area contributed by atoms with Crippen molar-refractivity contribution in [1.29, 1.82) is 0 Å². The number of carbonyl (C=O) groups excluding carboxylic acids is 3. The van der Waals surface area contributed by atoms with Gasteiger partial charge in [-0.1, -0.05) is 0 Å². The number of hydrogen-bond donors (Lipinski definition) is 5. The maximum atomic E-state index is 12.4. The van der Waals surface area contributed by atoms with Crippen LogP contribution in [0, 0.1) is 0 Å². The van der Waals surface area contributed by atoms with E-state index in [9.17, 15) is 14.4 Å². The van der Waals surface area contributed by atoms with Crippen molar-refractivity contribution in [1.82, 2.24) is 10.3 Å². The third-order valence-electron chi connectivity index (χ3n) is 4.09. The van der Waals surface area contributed by atoms with Crippen molar-refractivity contribution < 1.29 is 14.4 Å². The Morgan fingerprint density at radius 3 is 2.65 bits per heavy atom. The number of nitrogens with one attached hydrogen (secondary N) is 4. The monoisotopic (exact) mass is 353 g/mol. The van der Waals surface area contributed by atoms with Crippen molar-refractivity contribution in [2.45, 2.75) is 20.4 Å². The number of allylic oxidation sites excluding steroid dienone is 1. The molecule has 8 heteroatoms. The first-order valence-electron chi connectivity index (χ1n) is 8.00. The fourth-order valence-corrected chi connectivity index (χ4v) is 2.88. The molecular formula is C18H19N5O3. The minimum Gasteiger partial charge on any atom is -0.361 e. The van der Waals surface area contributed by atoms with E-state index in [1.54, 1.807) is 24.4 Å². The molecule has 2 aromatic rings. The summed E-state index contributed by atoms with van der Waals surface area (Å²) in [5, 5.41) is 8.05. The van der Waals surface area contributed by atoms with E-state index in [2.05, 4.69) is 20.9 Å². The first-order valence-corrected chi connectivity index (χ1v) is 8.00. The Labute approximate surface area is 149 Å². The number of amides is 4. The highest BCUT2D eigenvalue weighted by Crippen LogP contribution is 2.38. The lowest BCUT2D eigenvalue weighted by Gasteiger charge is -2.07. The molecule has 0 bridgehead atoms. The number of rotatable bonds is 4. The average molecular weight is 353 g/mol. The number of benzene rings is 1. The second kappa shape index (κ2) is 6.75. The zero-order valence-electron chi connectivity index (χ0n) is 14.4. The highest BCUT2D eigenvalue weighted by atomic mass is 16.2. The maximum Gasteiger partial charge on any atom is 0.316 e. The van der Waals surface area contributed by atoms with E-state index < -0.39 is 6.03 Å². The topological polar surface area (TPSA) is 129 Å². The van der Waals surface area contributed by atoms with Gasteiger partial charge in [-0.25, -0.2) is 4.79 Å². The van der Waals surface area contributed by atoms with E-state index >= 15 is 0 Å². The summed E-state index contributed by atoms with van der Waals surface area (Å²) in [6.45, 7) is 3.70. The number of nitrogens with two attached hydrogens (primary N) is 1. The van der Waals surface area contributed by atoms with Gasteiger partial charge in [0.2, 0.25) is 5.91 Å². The number of carbonyl (C=O) groups is 3. The van der Waals surface area contributed by atoms with Crippen LogP contribution >= 0.6 is 0 Å². The third kappa shape index (κ3) is 3.44. The second-order valence-electron chi connectivity index (χ2n) is 6.04. The van der Waals surface area contributed by atoms with E-state index in [1.807, 2.05) is 13.0 Å². The van der Waals surface area contributed by atoms with Crippen LogP contribution in [0.4, 0.5) is 16.2 Å². The van der Waals surface area contributed by atoms with Gasteiger partial charge < -0.3 is 26.7 Å². The zero-order valence-corrected chi connectivity index (χ0v) is 14.4. The molecule has 3 rings (SSSR count). The number of hydrogen-bond acceptors (Lipinski definition) is 3. The molecule has 2 heterocycles. The highest BCUT2D eigenvalue weighted by molar-refractivity contribution is 6.36. The molecule has 26 heavy (non-hydrogen) atoms. The number of anilines is 2. The van der Waals surface area contributed by atoms with Crippen LogP contribution in [0.1, 0.15) is 30.7 Å². The van der Waals surface area contributed by atoms with Gasteiger partial charge in [0.1, 0.15) is 0 Å². The minimum atomic E-state index is -0.670. The molecule has 0 saturated heterocycles. The largest absolute Gasteiger partial charge is 0.361 e. The van der Waals surface area contributed by atoms with E-state index in [-0.39, 0.29) is 11.8 Å². The van der Waals surface area contributed by atoms with Gasteiger partial charge in [0.25, 0.3) is 5.91 Å². The molecule has 1 aliphatic heterocycles. The molecule has 0 fully saturated rings. The van der Waals surface area contributed by atoms with Gasteiger partial charge in [-0.2, -0.15) is 0 Å². The van der Waals surface area contributed by atoms with Crippen molar-refractivity contribution in [2.24, 2.45) is 5.73 Å². The van der Waals surface area contributed by atoms with Gasteiger partial charge in [0, 0.05) is 42.3 Å². The summed E-state index contributed by atoms with van der Waals surface area (Å²) >= 11 is 0. The first kappa shape index (κ1) is 17.3. The molecule has 0 spiro atoms. The molecule has 1 aromatic heterocycles. The molecule has 0 atom stereocenters. The van der Waals surface area contributed by atoms with Gasteiger partial charge in [-0.05, 0) is 42.3 Å². The lowest BCUT2D eigenvalue weighted by atomic mass is 9.99. The van der Waals surface area contributed by atoms with E-state index in [0.717, 1.165) is 16.8 Å². The van der Waals surface area contributed by atoms with Crippen LogP contribution in [0.3, 0.4) is 0 Å². The summed E-state index contributed by atoms with van der Waals surface area (Å²) in [5.41, 5.74) is 9.97. The molecule has 6 N–H and O–H groups in total. The summed E-state index contributed by atoms with van der Waals surface area (Å²) in [5.74, 6) is -0.326. The predicted octanol–water partition coefficient (Wildman–Crippen LogP) is 2.02. The first-order chi connectivity index (χ1) is 12.3. The zero-order chi connectivity index (χ0) is 18.8. The molecule has 1 aromatic carbocycles. The van der Waals surface area contributed by atoms with Crippen LogP contribution in [0.15, 0.2) is 30.5 Å². The predicted molar refractivity (Wildman–Crippen MR) is 99.1 cm³/mol. The number of aromatic nitrogens is 1. The SMILES string of the molecule is CC(=O)NCc1c[nH]c(/C(C)=C2\C(=O)Nc3ccc(NC(N)=O)cc32)c1. The van der Waals surface area contributed by atoms with Crippen molar-refractivity contribution in [3.05, 3.63) is 47.3 Å². The van der Waals surface area contributed by atoms with Crippen LogP contribution in [0.25, 0.3) is 11.1 Å². The van der Waals surface area contributed by atoms with Crippen molar-refractivity contribution in [3.8, 4) is 0 Å². The highest BCUT2D eigenvalue weighted by Gasteiger charge is 2.27. The maximum absolute atomic E-state index is 12.4. The standard InChI is InChI=1S/C18H19N5O3/c1-9(15-5-11(8-21-15)7-20-10(2)24)16-13-6-12(22-18(19)26)3-4-14(13)23-17(16)25/h3-6,8,21H,7H2,1-2H3,(H,20,24)(H,23,25)(H3,19,22,26)/b16-9-. The Morgan fingerprint density at radius 2 is 1.96 bits per heavy atom. The third-order valence-corrected chi connectivity index (χ3v) is 4.09. The van der Waals surface area contributed by atoms with Crippen LogP contribution in [0.5, 0.6) is 0 Å². The summed E-state index contributed by atoms with van der Waals surface area (Å²) in [7, 11) is 0. The van der Waals surface area contributed by atoms with Gasteiger partial charge in [0.15, 0.2) is 0 Å². The number of aromatic amines is 1. The molecule has 1 aliphatic rings. The summed E-state index contributed by atoms with van der Waals surface area (Å²) in [6, 6.07) is 6.31. The second-order valence-corrected chi connectivity index (χ2v) is 6.04. The molecular weight excluding hydrogens is 334 g/mol. The minimum absolute atomic E-state index is 0.110. The van der Waals surface area contributed by atoms with Crippen molar-refractivity contribution in [3.63, 3.8) is 0 Å².